The van der Waals surface area contributed by atoms with Crippen molar-refractivity contribution in [3.8, 4) is 5.69 Å². The molecule has 1 aromatic heterocycles. The third-order valence-corrected chi connectivity index (χ3v) is 3.98. The number of hydrogen-bond acceptors (Lipinski definition) is 1. The van der Waals surface area contributed by atoms with Crippen LogP contribution in [0.3, 0.4) is 0 Å². The molecule has 1 unspecified atom stereocenters. The van der Waals surface area contributed by atoms with E-state index in [1.807, 2.05) is 6.20 Å². The monoisotopic (exact) mass is 240 g/mol. The van der Waals surface area contributed by atoms with Gasteiger partial charge in [0.05, 0.1) is 0 Å². The maximum absolute atomic E-state index is 4.63. The minimum Gasteiger partial charge on any atom is -0.303 e. The lowest BCUT2D eigenvalue weighted by Crippen LogP contribution is -2.21. The molecule has 1 atom stereocenters. The van der Waals surface area contributed by atoms with Crippen molar-refractivity contribution in [2.24, 2.45) is 5.41 Å². The lowest BCUT2D eigenvalue weighted by atomic mass is 9.77. The summed E-state index contributed by atoms with van der Waals surface area (Å²) in [4.78, 5) is 4.63. The molecule has 18 heavy (non-hydrogen) atoms. The smallest absolute Gasteiger partial charge is 0.116 e. The normalized spacial score (nSPS) is 18.9. The van der Waals surface area contributed by atoms with Crippen LogP contribution in [0.4, 0.5) is 0 Å². The molecule has 2 heteroatoms. The van der Waals surface area contributed by atoms with Crippen LogP contribution in [0.1, 0.15) is 44.5 Å². The van der Waals surface area contributed by atoms with Crippen molar-refractivity contribution in [3.63, 3.8) is 0 Å². The third kappa shape index (κ3) is 1.76. The lowest BCUT2D eigenvalue weighted by molar-refractivity contribution is 0.295. The molecular formula is C16H20N2. The molecule has 0 fully saturated rings. The Balaban J connectivity index is 2.18. The fourth-order valence-corrected chi connectivity index (χ4v) is 2.98. The summed E-state index contributed by atoms with van der Waals surface area (Å²) in [5.74, 6) is 1.73. The highest BCUT2D eigenvalue weighted by Gasteiger charge is 2.32. The van der Waals surface area contributed by atoms with E-state index < -0.39 is 0 Å². The summed E-state index contributed by atoms with van der Waals surface area (Å²) in [5.41, 5.74) is 2.99. The molecule has 1 aliphatic heterocycles. The zero-order chi connectivity index (χ0) is 12.8. The van der Waals surface area contributed by atoms with Crippen LogP contribution in [0.15, 0.2) is 36.7 Å². The summed E-state index contributed by atoms with van der Waals surface area (Å²) < 4.78 is 2.28. The Morgan fingerprint density at radius 3 is 2.78 bits per heavy atom. The third-order valence-electron chi connectivity index (χ3n) is 3.98. The summed E-state index contributed by atoms with van der Waals surface area (Å²) >= 11 is 0. The van der Waals surface area contributed by atoms with Gasteiger partial charge in [-0.25, -0.2) is 4.98 Å². The molecule has 2 heterocycles. The van der Waals surface area contributed by atoms with Gasteiger partial charge in [-0.1, -0.05) is 39.0 Å². The summed E-state index contributed by atoms with van der Waals surface area (Å²) in [6.07, 6.45) is 6.34. The molecule has 0 spiro atoms. The molecule has 94 valence electrons. The minimum atomic E-state index is 0.255. The van der Waals surface area contributed by atoms with Crippen molar-refractivity contribution < 1.29 is 0 Å². The van der Waals surface area contributed by atoms with E-state index in [4.69, 9.17) is 0 Å². The molecule has 0 N–H and O–H groups in total. The number of imidazole rings is 1. The molecule has 1 aliphatic rings. The van der Waals surface area contributed by atoms with Gasteiger partial charge in [0.15, 0.2) is 0 Å². The van der Waals surface area contributed by atoms with Gasteiger partial charge in [-0.15, -0.1) is 0 Å². The van der Waals surface area contributed by atoms with Crippen LogP contribution in [-0.2, 0) is 6.42 Å². The van der Waals surface area contributed by atoms with Crippen molar-refractivity contribution >= 4 is 0 Å². The van der Waals surface area contributed by atoms with Gasteiger partial charge in [0.1, 0.15) is 5.82 Å². The fraction of sp³-hybridized carbons (Fsp3) is 0.438. The van der Waals surface area contributed by atoms with E-state index in [0.717, 1.165) is 6.42 Å². The lowest BCUT2D eigenvalue weighted by Gasteiger charge is -2.29. The quantitative estimate of drug-likeness (QED) is 0.682. The van der Waals surface area contributed by atoms with E-state index in [0.29, 0.717) is 5.92 Å². The number of aromatic nitrogens is 2. The number of aryl methyl sites for hydroxylation is 1. The van der Waals surface area contributed by atoms with Gasteiger partial charge < -0.3 is 4.57 Å². The van der Waals surface area contributed by atoms with Gasteiger partial charge >= 0.3 is 0 Å². The Hall–Kier alpha value is -1.57. The van der Waals surface area contributed by atoms with Crippen LogP contribution in [0.5, 0.6) is 0 Å². The SMILES string of the molecule is CC(C)(C)C1CCc2ccccc2-n2ccnc21. The molecule has 0 radical (unpaired) electrons. The number of nitrogens with zero attached hydrogens (tertiary/aromatic N) is 2. The molecule has 0 saturated carbocycles. The zero-order valence-electron chi connectivity index (χ0n) is 11.4. The first-order valence-corrected chi connectivity index (χ1v) is 6.69. The molecule has 0 amide bonds. The van der Waals surface area contributed by atoms with Gasteiger partial charge in [0, 0.05) is 24.0 Å². The number of para-hydroxylation sites is 1. The summed E-state index contributed by atoms with van der Waals surface area (Å²) in [5, 5.41) is 0. The van der Waals surface area contributed by atoms with Crippen LogP contribution in [0, 0.1) is 5.41 Å². The van der Waals surface area contributed by atoms with Crippen LogP contribution in [-0.4, -0.2) is 9.55 Å². The average molecular weight is 240 g/mol. The average Bonchev–Trinajstić information content (AvgIpc) is 2.71. The number of fused-ring (bicyclic) bond motifs is 3. The van der Waals surface area contributed by atoms with E-state index >= 15 is 0 Å². The molecule has 1 aromatic carbocycles. The van der Waals surface area contributed by atoms with Gasteiger partial charge in [0.2, 0.25) is 0 Å². The highest BCUT2D eigenvalue weighted by molar-refractivity contribution is 5.44. The molecule has 0 bridgehead atoms. The molecular weight excluding hydrogens is 220 g/mol. The second-order valence-electron chi connectivity index (χ2n) is 6.24. The highest BCUT2D eigenvalue weighted by Crippen LogP contribution is 2.41. The summed E-state index contributed by atoms with van der Waals surface area (Å²) in [6, 6.07) is 8.68. The molecule has 2 nitrogen and oxygen atoms in total. The van der Waals surface area contributed by atoms with Crippen molar-refractivity contribution in [1.82, 2.24) is 9.55 Å². The predicted molar refractivity (Wildman–Crippen MR) is 74.1 cm³/mol. The van der Waals surface area contributed by atoms with Crippen molar-refractivity contribution in [2.45, 2.75) is 39.5 Å². The Bertz CT molecular complexity index is 560. The largest absolute Gasteiger partial charge is 0.303 e. The second-order valence-corrected chi connectivity index (χ2v) is 6.24. The Kier molecular flexibility index (Phi) is 2.54. The van der Waals surface area contributed by atoms with E-state index in [9.17, 15) is 0 Å². The summed E-state index contributed by atoms with van der Waals surface area (Å²) in [7, 11) is 0. The van der Waals surface area contributed by atoms with Gasteiger partial charge in [-0.3, -0.25) is 0 Å². The predicted octanol–water partition coefficient (Wildman–Crippen LogP) is 3.95. The number of rotatable bonds is 0. The first kappa shape index (κ1) is 11.5. The van der Waals surface area contributed by atoms with Crippen molar-refractivity contribution in [2.75, 3.05) is 0 Å². The Labute approximate surface area is 109 Å². The van der Waals surface area contributed by atoms with Crippen molar-refractivity contribution in [3.05, 3.63) is 48.0 Å². The van der Waals surface area contributed by atoms with Crippen LogP contribution < -0.4 is 0 Å². The molecule has 0 saturated heterocycles. The molecule has 0 aliphatic carbocycles. The first-order chi connectivity index (χ1) is 8.57. The van der Waals surface area contributed by atoms with E-state index in [-0.39, 0.29) is 5.41 Å². The Morgan fingerprint density at radius 2 is 2.00 bits per heavy atom. The van der Waals surface area contributed by atoms with Crippen LogP contribution >= 0.6 is 0 Å². The number of benzene rings is 1. The van der Waals surface area contributed by atoms with Crippen LogP contribution in [0.2, 0.25) is 0 Å². The van der Waals surface area contributed by atoms with Gasteiger partial charge in [-0.05, 0) is 29.9 Å². The molecule has 2 aromatic rings. The Morgan fingerprint density at radius 1 is 1.22 bits per heavy atom. The second kappa shape index (κ2) is 3.98. The number of hydrogen-bond donors (Lipinski definition) is 0. The van der Waals surface area contributed by atoms with Gasteiger partial charge in [0.25, 0.3) is 0 Å². The maximum atomic E-state index is 4.63. The van der Waals surface area contributed by atoms with E-state index in [1.165, 1.54) is 23.5 Å². The van der Waals surface area contributed by atoms with Crippen molar-refractivity contribution in [1.29, 1.82) is 0 Å². The zero-order valence-corrected chi connectivity index (χ0v) is 11.4. The highest BCUT2D eigenvalue weighted by atomic mass is 15.1. The minimum absolute atomic E-state index is 0.255. The molecule has 3 rings (SSSR count). The van der Waals surface area contributed by atoms with E-state index in [1.54, 1.807) is 0 Å². The fourth-order valence-electron chi connectivity index (χ4n) is 2.98. The standard InChI is InChI=1S/C16H20N2/c1-16(2,3)13-9-8-12-6-4-5-7-14(12)18-11-10-17-15(13)18/h4-7,10-11,13H,8-9H2,1-3H3. The van der Waals surface area contributed by atoms with Gasteiger partial charge in [-0.2, -0.15) is 0 Å². The van der Waals surface area contributed by atoms with Crippen LogP contribution in [0.25, 0.3) is 5.69 Å². The maximum Gasteiger partial charge on any atom is 0.116 e. The first-order valence-electron chi connectivity index (χ1n) is 6.69. The van der Waals surface area contributed by atoms with E-state index in [2.05, 4.69) is 60.8 Å². The topological polar surface area (TPSA) is 17.8 Å². The summed E-state index contributed by atoms with van der Waals surface area (Å²) in [6.45, 7) is 6.94.